The predicted octanol–water partition coefficient (Wildman–Crippen LogP) is 17.8. The van der Waals surface area contributed by atoms with Crippen LogP contribution in [0, 0.1) is 20.8 Å². The van der Waals surface area contributed by atoms with Crippen molar-refractivity contribution in [3.63, 3.8) is 0 Å². The van der Waals surface area contributed by atoms with Crippen LogP contribution < -0.4 is 4.90 Å². The zero-order valence-corrected chi connectivity index (χ0v) is 39.1. The van der Waals surface area contributed by atoms with Gasteiger partial charge < -0.3 is 9.47 Å². The van der Waals surface area contributed by atoms with E-state index in [1.54, 1.807) is 0 Å². The first-order valence-electron chi connectivity index (χ1n) is 22.8. The monoisotopic (exact) mass is 815 g/mol. The number of hydrogen-bond acceptors (Lipinski definition) is 1. The minimum Gasteiger partial charge on any atom is -0.344 e. The number of nitrogens with zero attached hydrogens (tertiary/aromatic N) is 2. The summed E-state index contributed by atoms with van der Waals surface area (Å²) in [4.78, 5) is 2.46. The maximum atomic E-state index is 2.52. The highest BCUT2D eigenvalue weighted by Crippen LogP contribution is 2.57. The highest BCUT2D eigenvalue weighted by atomic mass is 15.1. The van der Waals surface area contributed by atoms with E-state index in [4.69, 9.17) is 0 Å². The van der Waals surface area contributed by atoms with Crippen molar-refractivity contribution in [3.8, 4) is 11.1 Å². The van der Waals surface area contributed by atoms with Crippen molar-refractivity contribution < 1.29 is 0 Å². The Morgan fingerprint density at radius 3 is 1.81 bits per heavy atom. The van der Waals surface area contributed by atoms with Gasteiger partial charge in [-0.05, 0) is 122 Å². The number of fused-ring (bicyclic) bond motifs is 6. The molecule has 1 aromatic heterocycles. The Morgan fingerprint density at radius 2 is 1.15 bits per heavy atom. The molecule has 2 heteroatoms. The Labute approximate surface area is 372 Å². The van der Waals surface area contributed by atoms with E-state index in [1.165, 1.54) is 94.5 Å². The normalized spacial score (nSPS) is 12.2. The van der Waals surface area contributed by atoms with Gasteiger partial charge in [0.15, 0.2) is 0 Å². The van der Waals surface area contributed by atoms with E-state index in [2.05, 4.69) is 228 Å². The summed E-state index contributed by atoms with van der Waals surface area (Å²) in [6, 6.07) is 55.4. The van der Waals surface area contributed by atoms with Gasteiger partial charge in [0.1, 0.15) is 0 Å². The van der Waals surface area contributed by atoms with Gasteiger partial charge in [-0.25, -0.2) is 0 Å². The summed E-state index contributed by atoms with van der Waals surface area (Å²) in [7, 11) is 2.12. The van der Waals surface area contributed by atoms with Crippen LogP contribution in [0.4, 0.5) is 17.1 Å². The van der Waals surface area contributed by atoms with Crippen molar-refractivity contribution in [2.45, 2.75) is 87.5 Å². The molecule has 1 aliphatic rings. The van der Waals surface area contributed by atoms with Crippen molar-refractivity contribution in [2.24, 2.45) is 7.05 Å². The quantitative estimate of drug-likeness (QED) is 0.148. The summed E-state index contributed by atoms with van der Waals surface area (Å²) in [6.07, 6.45) is 10.8. The molecule has 0 unspecified atom stereocenters. The summed E-state index contributed by atoms with van der Waals surface area (Å²) in [5.74, 6) is 0. The van der Waals surface area contributed by atoms with Crippen LogP contribution in [0.5, 0.6) is 0 Å². The van der Waals surface area contributed by atoms with Crippen LogP contribution in [0.3, 0.4) is 0 Å². The van der Waals surface area contributed by atoms with Crippen LogP contribution in [-0.4, -0.2) is 4.57 Å². The molecular weight excluding hydrogens is 749 g/mol. The molecule has 1 heterocycles. The molecule has 0 radical (unpaired) electrons. The predicted molar refractivity (Wildman–Crippen MR) is 275 cm³/mol. The summed E-state index contributed by atoms with van der Waals surface area (Å²) in [5.41, 5.74) is 18.3. The lowest BCUT2D eigenvalue weighted by Crippen LogP contribution is -2.23. The van der Waals surface area contributed by atoms with Crippen LogP contribution >= 0.6 is 0 Å². The lowest BCUT2D eigenvalue weighted by Gasteiger charge is -2.33. The van der Waals surface area contributed by atoms with Gasteiger partial charge in [0.25, 0.3) is 0 Å². The van der Waals surface area contributed by atoms with E-state index in [1.807, 2.05) is 33.8 Å². The molecule has 2 nitrogen and oxygen atoms in total. The summed E-state index contributed by atoms with van der Waals surface area (Å²) in [5, 5.41) is 3.92. The number of benzene rings is 7. The molecule has 8 aromatic rings. The average molecular weight is 815 g/mol. The largest absolute Gasteiger partial charge is 0.344 e. The Kier molecular flexibility index (Phi) is 14.9. The van der Waals surface area contributed by atoms with E-state index >= 15 is 0 Å². The first-order valence-corrected chi connectivity index (χ1v) is 22.8. The molecule has 62 heavy (non-hydrogen) atoms. The third kappa shape index (κ3) is 8.70. The fraction of sp³-hybridized carbons (Fsp3) is 0.233. The van der Waals surface area contributed by atoms with Crippen molar-refractivity contribution in [2.75, 3.05) is 4.90 Å². The number of aryl methyl sites for hydroxylation is 4. The van der Waals surface area contributed by atoms with Gasteiger partial charge in [0.2, 0.25) is 0 Å². The maximum Gasteiger partial charge on any atom is 0.0543 e. The topological polar surface area (TPSA) is 8.17 Å². The molecule has 0 bridgehead atoms. The first kappa shape index (κ1) is 45.2. The molecule has 0 atom stereocenters. The van der Waals surface area contributed by atoms with E-state index in [-0.39, 0.29) is 5.41 Å². The molecule has 0 fully saturated rings. The van der Waals surface area contributed by atoms with Crippen LogP contribution in [0.25, 0.3) is 51.0 Å². The fourth-order valence-corrected chi connectivity index (χ4v) is 9.25. The van der Waals surface area contributed by atoms with Crippen molar-refractivity contribution in [3.05, 3.63) is 202 Å². The summed E-state index contributed by atoms with van der Waals surface area (Å²) in [6.45, 7) is 21.3. The number of aromatic nitrogens is 1. The smallest absolute Gasteiger partial charge is 0.0543 e. The molecule has 7 aromatic carbocycles. The van der Waals surface area contributed by atoms with Crippen molar-refractivity contribution >= 4 is 57.0 Å². The second kappa shape index (κ2) is 20.5. The zero-order valence-electron chi connectivity index (χ0n) is 39.1. The number of allylic oxidation sites excluding steroid dienone is 1. The number of para-hydroxylation sites is 1. The maximum absolute atomic E-state index is 2.52. The Balaban J connectivity index is 0.000000218. The second-order valence-electron chi connectivity index (χ2n) is 15.8. The Bertz CT molecular complexity index is 2790. The molecule has 0 amide bonds. The number of anilines is 3. The van der Waals surface area contributed by atoms with E-state index in [0.717, 1.165) is 12.8 Å². The molecule has 0 spiro atoms. The van der Waals surface area contributed by atoms with Crippen LogP contribution in [-0.2, 0) is 12.5 Å². The molecule has 0 N–H and O–H groups in total. The van der Waals surface area contributed by atoms with Gasteiger partial charge in [-0.15, -0.1) is 0 Å². The highest BCUT2D eigenvalue weighted by Gasteiger charge is 2.42. The molecule has 1 aliphatic carbocycles. The second-order valence-corrected chi connectivity index (χ2v) is 15.8. The standard InChI is InChI=1S/C36H35N.C20H19N.2C2H6/c1-6-36(7-2)32-22-26(5)17-20-31(32)35-30-14-9-8-13-29(30)34(23-33(35)36)37(27-18-15-24(3)16-19-27)28-12-10-11-25(4)21-28;1-3-9-19-18(15-14-16-10-5-4-6-11-16)17-12-7-8-13-20(17)21(19)2;2*1-2/h8-23H,6-7H2,1-5H3;3-15H,1-2H3;2*1-2H3/b;9-3+,15-14-;;. The van der Waals surface area contributed by atoms with E-state index in [9.17, 15) is 0 Å². The van der Waals surface area contributed by atoms with Gasteiger partial charge in [-0.3, -0.25) is 0 Å². The highest BCUT2D eigenvalue weighted by molar-refractivity contribution is 6.10. The van der Waals surface area contributed by atoms with Gasteiger partial charge in [-0.1, -0.05) is 186 Å². The fourth-order valence-electron chi connectivity index (χ4n) is 9.25. The van der Waals surface area contributed by atoms with Crippen molar-refractivity contribution in [1.82, 2.24) is 4.57 Å². The third-order valence-electron chi connectivity index (χ3n) is 12.3. The minimum absolute atomic E-state index is 0.0149. The summed E-state index contributed by atoms with van der Waals surface area (Å²) >= 11 is 0. The zero-order chi connectivity index (χ0) is 44.4. The molecule has 0 saturated carbocycles. The third-order valence-corrected chi connectivity index (χ3v) is 12.3. The Morgan fingerprint density at radius 1 is 0.532 bits per heavy atom. The van der Waals surface area contributed by atoms with Crippen LogP contribution in [0.1, 0.15) is 106 Å². The molecule has 0 saturated heterocycles. The molecule has 9 rings (SSSR count). The minimum atomic E-state index is 0.0149. The van der Waals surface area contributed by atoms with Gasteiger partial charge in [0, 0.05) is 51.4 Å². The lowest BCUT2D eigenvalue weighted by atomic mass is 9.73. The van der Waals surface area contributed by atoms with Crippen LogP contribution in [0.15, 0.2) is 158 Å². The van der Waals surface area contributed by atoms with Crippen LogP contribution in [0.2, 0.25) is 0 Å². The lowest BCUT2D eigenvalue weighted by molar-refractivity contribution is 0.490. The van der Waals surface area contributed by atoms with Gasteiger partial charge >= 0.3 is 0 Å². The van der Waals surface area contributed by atoms with E-state index < -0.39 is 0 Å². The average Bonchev–Trinajstić information content (AvgIpc) is 3.75. The molecule has 0 aliphatic heterocycles. The first-order chi connectivity index (χ1) is 30.3. The molecular formula is C60H66N2. The van der Waals surface area contributed by atoms with Gasteiger partial charge in [-0.2, -0.15) is 0 Å². The number of rotatable bonds is 8. The van der Waals surface area contributed by atoms with Crippen molar-refractivity contribution in [1.29, 1.82) is 0 Å². The van der Waals surface area contributed by atoms with E-state index in [0.29, 0.717) is 0 Å². The van der Waals surface area contributed by atoms with Gasteiger partial charge in [0.05, 0.1) is 5.69 Å². The Hall–Kier alpha value is -6.38. The SMILES string of the molecule is C/C=C/c1c(/C=C\c2ccccc2)c2ccccc2n1C.CC.CC.CCC1(CC)c2cc(C)ccc2-c2c1cc(N(c1ccc(C)cc1)c1cccc(C)c1)c1ccccc21. The molecule has 316 valence electrons. The number of hydrogen-bond donors (Lipinski definition) is 0. The summed E-state index contributed by atoms with van der Waals surface area (Å²) < 4.78 is 2.25.